The number of hydrogen-bond acceptors (Lipinski definition) is 2. The highest BCUT2D eigenvalue weighted by Gasteiger charge is 2.17. The van der Waals surface area contributed by atoms with Crippen LogP contribution in [0.25, 0.3) is 0 Å². The van der Waals surface area contributed by atoms with E-state index in [1.807, 2.05) is 0 Å². The fraction of sp³-hybridized carbons (Fsp3) is 0.154. The molecule has 0 radical (unpaired) electrons. The van der Waals surface area contributed by atoms with Crippen LogP contribution in [0, 0.1) is 17.5 Å². The number of nitrogens with two attached hydrogens (primary N) is 1. The molecule has 0 saturated carbocycles. The van der Waals surface area contributed by atoms with E-state index < -0.39 is 29.0 Å². The van der Waals surface area contributed by atoms with Crippen LogP contribution in [0.4, 0.5) is 24.5 Å². The van der Waals surface area contributed by atoms with Crippen molar-refractivity contribution < 1.29 is 18.0 Å². The molecule has 0 saturated heterocycles. The predicted octanol–water partition coefficient (Wildman–Crippen LogP) is 2.76. The lowest BCUT2D eigenvalue weighted by atomic mass is 10.2. The van der Waals surface area contributed by atoms with Crippen molar-refractivity contribution in [2.75, 3.05) is 11.1 Å². The summed E-state index contributed by atoms with van der Waals surface area (Å²) < 4.78 is 41.1. The van der Waals surface area contributed by atoms with Crippen LogP contribution in [0.5, 0.6) is 0 Å². The van der Waals surface area contributed by atoms with Crippen molar-refractivity contribution in [2.45, 2.75) is 13.5 Å². The quantitative estimate of drug-likeness (QED) is 0.851. The molecule has 2 aromatic rings. The summed E-state index contributed by atoms with van der Waals surface area (Å²) in [4.78, 5) is 12.0. The maximum Gasteiger partial charge on any atom is 0.272 e. The zero-order valence-electron chi connectivity index (χ0n) is 10.6. The second-order valence-electron chi connectivity index (χ2n) is 4.15. The third-order valence-corrected chi connectivity index (χ3v) is 2.73. The molecule has 7 heteroatoms. The van der Waals surface area contributed by atoms with Crippen molar-refractivity contribution in [2.24, 2.45) is 0 Å². The largest absolute Gasteiger partial charge is 0.397 e. The van der Waals surface area contributed by atoms with Crippen LogP contribution in [0.1, 0.15) is 17.4 Å². The van der Waals surface area contributed by atoms with Crippen molar-refractivity contribution in [3.8, 4) is 0 Å². The van der Waals surface area contributed by atoms with Crippen LogP contribution in [0.2, 0.25) is 0 Å². The molecule has 0 aliphatic heterocycles. The van der Waals surface area contributed by atoms with E-state index in [2.05, 4.69) is 5.32 Å². The number of aromatic nitrogens is 1. The second-order valence-corrected chi connectivity index (χ2v) is 4.15. The van der Waals surface area contributed by atoms with Gasteiger partial charge in [-0.05, 0) is 13.0 Å². The summed E-state index contributed by atoms with van der Waals surface area (Å²) >= 11 is 0. The fourth-order valence-corrected chi connectivity index (χ4v) is 1.82. The topological polar surface area (TPSA) is 60.0 Å². The van der Waals surface area contributed by atoms with E-state index in [9.17, 15) is 18.0 Å². The van der Waals surface area contributed by atoms with Gasteiger partial charge in [0, 0.05) is 24.9 Å². The van der Waals surface area contributed by atoms with Crippen LogP contribution >= 0.6 is 0 Å². The zero-order chi connectivity index (χ0) is 14.9. The normalized spacial score (nSPS) is 10.6. The van der Waals surface area contributed by atoms with E-state index in [0.717, 1.165) is 0 Å². The van der Waals surface area contributed by atoms with Gasteiger partial charge in [-0.3, -0.25) is 4.79 Å². The molecule has 0 aliphatic carbocycles. The van der Waals surface area contributed by atoms with Gasteiger partial charge in [-0.25, -0.2) is 13.2 Å². The fourth-order valence-electron chi connectivity index (χ4n) is 1.82. The lowest BCUT2D eigenvalue weighted by Crippen LogP contribution is -2.17. The number of hydrogen-bond donors (Lipinski definition) is 2. The van der Waals surface area contributed by atoms with E-state index in [0.29, 0.717) is 24.4 Å². The maximum atomic E-state index is 13.5. The number of rotatable bonds is 3. The Kier molecular flexibility index (Phi) is 3.69. The lowest BCUT2D eigenvalue weighted by Gasteiger charge is -2.09. The molecule has 1 heterocycles. The first-order valence-corrected chi connectivity index (χ1v) is 5.84. The molecule has 2 rings (SSSR count). The standard InChI is InChI=1S/C13H12F3N3O/c1-2-19-6-8(17)5-11(19)13(20)18-10-4-7(14)3-9(15)12(10)16/h3-6H,2,17H2,1H3,(H,18,20). The van der Waals surface area contributed by atoms with Gasteiger partial charge < -0.3 is 15.6 Å². The number of aryl methyl sites for hydroxylation is 1. The number of anilines is 2. The molecule has 1 aromatic heterocycles. The average molecular weight is 283 g/mol. The van der Waals surface area contributed by atoms with Gasteiger partial charge in [-0.15, -0.1) is 0 Å². The highest BCUT2D eigenvalue weighted by molar-refractivity contribution is 6.03. The number of carbonyl (C=O) groups is 1. The predicted molar refractivity (Wildman–Crippen MR) is 68.8 cm³/mol. The summed E-state index contributed by atoms with van der Waals surface area (Å²) in [7, 11) is 0. The summed E-state index contributed by atoms with van der Waals surface area (Å²) in [6.07, 6.45) is 1.54. The molecule has 3 N–H and O–H groups in total. The van der Waals surface area contributed by atoms with E-state index >= 15 is 0 Å². The van der Waals surface area contributed by atoms with E-state index in [4.69, 9.17) is 5.73 Å². The number of halogens is 3. The Hall–Kier alpha value is -2.44. The van der Waals surface area contributed by atoms with Crippen LogP contribution in [-0.2, 0) is 6.54 Å². The smallest absolute Gasteiger partial charge is 0.272 e. The molecule has 106 valence electrons. The van der Waals surface area contributed by atoms with E-state index in [-0.39, 0.29) is 5.69 Å². The molecule has 0 unspecified atom stereocenters. The van der Waals surface area contributed by atoms with Crippen LogP contribution < -0.4 is 11.1 Å². The third-order valence-electron chi connectivity index (χ3n) is 2.73. The Labute approximate surface area is 113 Å². The summed E-state index contributed by atoms with van der Waals surface area (Å²) in [6.45, 7) is 2.26. The second kappa shape index (κ2) is 5.28. The molecule has 0 bridgehead atoms. The summed E-state index contributed by atoms with van der Waals surface area (Å²) in [5.74, 6) is -4.37. The number of nitrogens with zero attached hydrogens (tertiary/aromatic N) is 1. The van der Waals surface area contributed by atoms with Gasteiger partial charge in [0.05, 0.1) is 11.4 Å². The molecule has 0 aliphatic rings. The van der Waals surface area contributed by atoms with Gasteiger partial charge in [0.2, 0.25) is 0 Å². The number of nitrogen functional groups attached to an aromatic ring is 1. The Morgan fingerprint density at radius 1 is 1.30 bits per heavy atom. The van der Waals surface area contributed by atoms with Crippen molar-refractivity contribution in [3.05, 3.63) is 47.5 Å². The molecule has 1 aromatic carbocycles. The SMILES string of the molecule is CCn1cc(N)cc1C(=O)Nc1cc(F)cc(F)c1F. The van der Waals surface area contributed by atoms with Gasteiger partial charge in [0.1, 0.15) is 11.5 Å². The van der Waals surface area contributed by atoms with Gasteiger partial charge in [0.15, 0.2) is 11.6 Å². The van der Waals surface area contributed by atoms with Crippen LogP contribution in [0.15, 0.2) is 24.4 Å². The van der Waals surface area contributed by atoms with Crippen LogP contribution in [0.3, 0.4) is 0 Å². The van der Waals surface area contributed by atoms with Gasteiger partial charge in [-0.2, -0.15) is 0 Å². The molecule has 0 spiro atoms. The Bertz CT molecular complexity index is 667. The first kappa shape index (κ1) is 14.0. The average Bonchev–Trinajstić information content (AvgIpc) is 2.76. The molecule has 4 nitrogen and oxygen atoms in total. The summed E-state index contributed by atoms with van der Waals surface area (Å²) in [5.41, 5.74) is 5.55. The molecular formula is C13H12F3N3O. The number of nitrogens with one attached hydrogen (secondary N) is 1. The lowest BCUT2D eigenvalue weighted by molar-refractivity contribution is 0.101. The highest BCUT2D eigenvalue weighted by Crippen LogP contribution is 2.20. The zero-order valence-corrected chi connectivity index (χ0v) is 10.6. The van der Waals surface area contributed by atoms with E-state index in [1.165, 1.54) is 16.8 Å². The van der Waals surface area contributed by atoms with E-state index in [1.54, 1.807) is 6.92 Å². The molecule has 1 amide bonds. The van der Waals surface area contributed by atoms with Gasteiger partial charge in [0.25, 0.3) is 5.91 Å². The minimum Gasteiger partial charge on any atom is -0.397 e. The first-order chi connectivity index (χ1) is 9.42. The first-order valence-electron chi connectivity index (χ1n) is 5.84. The van der Waals surface area contributed by atoms with Gasteiger partial charge >= 0.3 is 0 Å². The van der Waals surface area contributed by atoms with Crippen molar-refractivity contribution >= 4 is 17.3 Å². The molecular weight excluding hydrogens is 271 g/mol. The monoisotopic (exact) mass is 283 g/mol. The number of carbonyl (C=O) groups excluding carboxylic acids is 1. The van der Waals surface area contributed by atoms with Crippen molar-refractivity contribution in [1.82, 2.24) is 4.57 Å². The minimum absolute atomic E-state index is 0.175. The number of amides is 1. The molecule has 0 atom stereocenters. The number of benzene rings is 1. The van der Waals surface area contributed by atoms with Crippen molar-refractivity contribution in [3.63, 3.8) is 0 Å². The summed E-state index contributed by atoms with van der Waals surface area (Å²) in [6, 6.07) is 2.50. The van der Waals surface area contributed by atoms with Gasteiger partial charge in [-0.1, -0.05) is 0 Å². The maximum absolute atomic E-state index is 13.5. The third kappa shape index (κ3) is 2.61. The van der Waals surface area contributed by atoms with Crippen molar-refractivity contribution in [1.29, 1.82) is 0 Å². The molecule has 0 fully saturated rings. The Morgan fingerprint density at radius 3 is 2.65 bits per heavy atom. The summed E-state index contributed by atoms with van der Waals surface area (Å²) in [5, 5.41) is 2.13. The molecule has 20 heavy (non-hydrogen) atoms. The highest BCUT2D eigenvalue weighted by atomic mass is 19.2. The minimum atomic E-state index is -1.37. The van der Waals surface area contributed by atoms with Crippen LogP contribution in [-0.4, -0.2) is 10.5 Å². The Balaban J connectivity index is 2.32. The Morgan fingerprint density at radius 2 is 2.00 bits per heavy atom.